The van der Waals surface area contributed by atoms with Crippen LogP contribution in [-0.2, 0) is 18.3 Å². The molecule has 2 aromatic rings. The molecule has 0 unspecified atom stereocenters. The van der Waals surface area contributed by atoms with E-state index in [9.17, 15) is 4.79 Å². The molecule has 0 spiro atoms. The highest BCUT2D eigenvalue weighted by Gasteiger charge is 2.11. The highest BCUT2D eigenvalue weighted by molar-refractivity contribution is 5.86. The van der Waals surface area contributed by atoms with E-state index >= 15 is 0 Å². The summed E-state index contributed by atoms with van der Waals surface area (Å²) in [6, 6.07) is 5.89. The Hall–Kier alpha value is -1.77. The van der Waals surface area contributed by atoms with Crippen LogP contribution in [0.15, 0.2) is 24.4 Å². The average molecular weight is 231 g/mol. The molecule has 2 rings (SSSR count). The van der Waals surface area contributed by atoms with E-state index in [1.54, 1.807) is 0 Å². The minimum atomic E-state index is -0.786. The van der Waals surface area contributed by atoms with Crippen molar-refractivity contribution < 1.29 is 9.90 Å². The number of aromatic nitrogens is 1. The Morgan fingerprint density at radius 2 is 2.12 bits per heavy atom. The summed E-state index contributed by atoms with van der Waals surface area (Å²) in [5.74, 6) is -0.342. The van der Waals surface area contributed by atoms with E-state index in [4.69, 9.17) is 5.11 Å². The summed E-state index contributed by atoms with van der Waals surface area (Å²) in [6.45, 7) is 4.30. The lowest BCUT2D eigenvalue weighted by Crippen LogP contribution is -1.99. The van der Waals surface area contributed by atoms with Gasteiger partial charge in [0.25, 0.3) is 0 Å². The molecular formula is C14H17NO2. The summed E-state index contributed by atoms with van der Waals surface area (Å²) in [5, 5.41) is 9.99. The normalized spacial score (nSPS) is 11.3. The molecule has 0 saturated heterocycles. The zero-order chi connectivity index (χ0) is 12.6. The van der Waals surface area contributed by atoms with Crippen LogP contribution in [0.1, 0.15) is 30.9 Å². The quantitative estimate of drug-likeness (QED) is 0.882. The maximum Gasteiger partial charge on any atom is 0.307 e. The third kappa shape index (κ3) is 2.18. The second-order valence-electron chi connectivity index (χ2n) is 4.77. The fourth-order valence-electron chi connectivity index (χ4n) is 2.21. The van der Waals surface area contributed by atoms with Crippen molar-refractivity contribution >= 4 is 16.9 Å². The van der Waals surface area contributed by atoms with Gasteiger partial charge < -0.3 is 9.67 Å². The molecule has 1 aromatic heterocycles. The number of carboxylic acids is 1. The van der Waals surface area contributed by atoms with Crippen LogP contribution in [0.5, 0.6) is 0 Å². The molecule has 3 nitrogen and oxygen atoms in total. The van der Waals surface area contributed by atoms with Crippen molar-refractivity contribution in [2.75, 3.05) is 0 Å². The van der Waals surface area contributed by atoms with Gasteiger partial charge in [0.1, 0.15) is 0 Å². The Morgan fingerprint density at radius 3 is 2.71 bits per heavy atom. The summed E-state index contributed by atoms with van der Waals surface area (Å²) in [6.07, 6.45) is 2.21. The SMILES string of the molecule is CC(C)c1cn(C)c2ccc(CC(=O)O)cc12. The van der Waals surface area contributed by atoms with E-state index in [0.29, 0.717) is 5.92 Å². The fourth-order valence-corrected chi connectivity index (χ4v) is 2.21. The molecule has 0 atom stereocenters. The van der Waals surface area contributed by atoms with Gasteiger partial charge >= 0.3 is 5.97 Å². The minimum Gasteiger partial charge on any atom is -0.481 e. The van der Waals surface area contributed by atoms with Crippen LogP contribution < -0.4 is 0 Å². The summed E-state index contributed by atoms with van der Waals surface area (Å²) in [4.78, 5) is 10.7. The molecule has 0 aliphatic carbocycles. The molecule has 0 amide bonds. The monoisotopic (exact) mass is 231 g/mol. The van der Waals surface area contributed by atoms with Crippen molar-refractivity contribution in [1.82, 2.24) is 4.57 Å². The van der Waals surface area contributed by atoms with Crippen LogP contribution in [0.2, 0.25) is 0 Å². The number of hydrogen-bond donors (Lipinski definition) is 1. The summed E-state index contributed by atoms with van der Waals surface area (Å²) < 4.78 is 2.09. The predicted molar refractivity (Wildman–Crippen MR) is 68.3 cm³/mol. The largest absolute Gasteiger partial charge is 0.481 e. The minimum absolute atomic E-state index is 0.0857. The standard InChI is InChI=1S/C14H17NO2/c1-9(2)12-8-15(3)13-5-4-10(6-11(12)13)7-14(16)17/h4-6,8-9H,7H2,1-3H3,(H,16,17). The Morgan fingerprint density at radius 1 is 1.41 bits per heavy atom. The molecule has 1 aromatic carbocycles. The van der Waals surface area contributed by atoms with Gasteiger partial charge in [-0.2, -0.15) is 0 Å². The van der Waals surface area contributed by atoms with Crippen molar-refractivity contribution in [1.29, 1.82) is 0 Å². The Balaban J connectivity index is 2.58. The van der Waals surface area contributed by atoms with E-state index in [1.165, 1.54) is 10.9 Å². The molecule has 1 heterocycles. The second kappa shape index (κ2) is 4.24. The smallest absolute Gasteiger partial charge is 0.307 e. The maximum atomic E-state index is 10.7. The highest BCUT2D eigenvalue weighted by atomic mass is 16.4. The number of rotatable bonds is 3. The molecule has 0 aliphatic rings. The number of nitrogens with zero attached hydrogens (tertiary/aromatic N) is 1. The molecular weight excluding hydrogens is 214 g/mol. The van der Waals surface area contributed by atoms with Crippen molar-refractivity contribution in [2.24, 2.45) is 7.05 Å². The van der Waals surface area contributed by atoms with Gasteiger partial charge in [-0.05, 0) is 29.2 Å². The number of benzene rings is 1. The van der Waals surface area contributed by atoms with E-state index in [-0.39, 0.29) is 6.42 Å². The van der Waals surface area contributed by atoms with Crippen LogP contribution in [0.25, 0.3) is 10.9 Å². The molecule has 17 heavy (non-hydrogen) atoms. The first kappa shape index (κ1) is 11.7. The van der Waals surface area contributed by atoms with Gasteiger partial charge in [0.05, 0.1) is 6.42 Å². The number of hydrogen-bond acceptors (Lipinski definition) is 1. The van der Waals surface area contributed by atoms with Crippen LogP contribution in [0.4, 0.5) is 0 Å². The van der Waals surface area contributed by atoms with Crippen LogP contribution in [0.3, 0.4) is 0 Å². The predicted octanol–water partition coefficient (Wildman–Crippen LogP) is 2.93. The first-order valence-corrected chi connectivity index (χ1v) is 5.78. The number of aryl methyl sites for hydroxylation is 1. The van der Waals surface area contributed by atoms with Gasteiger partial charge in [-0.15, -0.1) is 0 Å². The molecule has 3 heteroatoms. The van der Waals surface area contributed by atoms with Gasteiger partial charge in [0.15, 0.2) is 0 Å². The number of aliphatic carboxylic acids is 1. The molecule has 0 radical (unpaired) electrons. The van der Waals surface area contributed by atoms with Crippen LogP contribution in [-0.4, -0.2) is 15.6 Å². The Bertz CT molecular complexity index is 567. The maximum absolute atomic E-state index is 10.7. The topological polar surface area (TPSA) is 42.2 Å². The lowest BCUT2D eigenvalue weighted by Gasteiger charge is -2.03. The van der Waals surface area contributed by atoms with Gasteiger partial charge in [0.2, 0.25) is 0 Å². The molecule has 0 aliphatic heterocycles. The van der Waals surface area contributed by atoms with Gasteiger partial charge in [-0.1, -0.05) is 19.9 Å². The van der Waals surface area contributed by atoms with Crippen molar-refractivity contribution in [3.8, 4) is 0 Å². The number of carbonyl (C=O) groups is 1. The summed E-state index contributed by atoms with van der Waals surface area (Å²) in [7, 11) is 2.02. The fraction of sp³-hybridized carbons (Fsp3) is 0.357. The molecule has 90 valence electrons. The second-order valence-corrected chi connectivity index (χ2v) is 4.77. The van der Waals surface area contributed by atoms with Crippen molar-refractivity contribution in [3.05, 3.63) is 35.5 Å². The Labute approximate surface area is 101 Å². The lowest BCUT2D eigenvalue weighted by atomic mass is 10.0. The van der Waals surface area contributed by atoms with Crippen LogP contribution >= 0.6 is 0 Å². The zero-order valence-corrected chi connectivity index (χ0v) is 10.4. The highest BCUT2D eigenvalue weighted by Crippen LogP contribution is 2.27. The van der Waals surface area contributed by atoms with Crippen molar-refractivity contribution in [2.45, 2.75) is 26.2 Å². The van der Waals surface area contributed by atoms with Crippen molar-refractivity contribution in [3.63, 3.8) is 0 Å². The van der Waals surface area contributed by atoms with Gasteiger partial charge in [-0.3, -0.25) is 4.79 Å². The van der Waals surface area contributed by atoms with E-state index in [0.717, 1.165) is 11.1 Å². The molecule has 0 fully saturated rings. The van der Waals surface area contributed by atoms with E-state index in [2.05, 4.69) is 24.6 Å². The molecule has 0 bridgehead atoms. The summed E-state index contributed by atoms with van der Waals surface area (Å²) >= 11 is 0. The first-order valence-electron chi connectivity index (χ1n) is 5.78. The third-order valence-electron chi connectivity index (χ3n) is 3.06. The van der Waals surface area contributed by atoms with Gasteiger partial charge in [0, 0.05) is 24.1 Å². The molecule has 1 N–H and O–H groups in total. The number of fused-ring (bicyclic) bond motifs is 1. The summed E-state index contributed by atoms with van der Waals surface area (Å²) in [5.41, 5.74) is 3.29. The third-order valence-corrected chi connectivity index (χ3v) is 3.06. The zero-order valence-electron chi connectivity index (χ0n) is 10.4. The van der Waals surface area contributed by atoms with Crippen LogP contribution in [0, 0.1) is 0 Å². The first-order chi connectivity index (χ1) is 7.99. The van der Waals surface area contributed by atoms with E-state index in [1.807, 2.05) is 25.2 Å². The average Bonchev–Trinajstić information content (AvgIpc) is 2.55. The lowest BCUT2D eigenvalue weighted by molar-refractivity contribution is -0.136. The number of carboxylic acid groups (broad SMARTS) is 1. The van der Waals surface area contributed by atoms with Gasteiger partial charge in [-0.25, -0.2) is 0 Å². The molecule has 0 saturated carbocycles. The Kier molecular flexibility index (Phi) is 2.92. The van der Waals surface area contributed by atoms with E-state index < -0.39 is 5.97 Å².